The zero-order valence-electron chi connectivity index (χ0n) is 32.9. The summed E-state index contributed by atoms with van der Waals surface area (Å²) in [5.74, 6) is -6.97. The molecule has 4 rings (SSSR count). The summed E-state index contributed by atoms with van der Waals surface area (Å²) in [5, 5.41) is 135. The van der Waals surface area contributed by atoms with Crippen molar-refractivity contribution in [2.75, 3.05) is 33.0 Å². The summed E-state index contributed by atoms with van der Waals surface area (Å²) in [6.45, 7) is 0.551. The monoisotopic (exact) mass is 876 g/mol. The van der Waals surface area contributed by atoms with Crippen molar-refractivity contribution in [3.8, 4) is 0 Å². The number of hydrogen-bond acceptors (Lipinski definition) is 24. The highest BCUT2D eigenvalue weighted by atomic mass is 16.8. The molecule has 0 aliphatic carbocycles. The van der Waals surface area contributed by atoms with Crippen LogP contribution in [0.25, 0.3) is 0 Å². The number of amides is 2. The molecule has 4 saturated heterocycles. The zero-order chi connectivity index (χ0) is 44.8. The first-order valence-electron chi connectivity index (χ1n) is 19.2. The second-order valence-corrected chi connectivity index (χ2v) is 15.0. The first-order chi connectivity index (χ1) is 28.2. The van der Waals surface area contributed by atoms with Gasteiger partial charge in [-0.15, -0.1) is 0 Å². The van der Waals surface area contributed by atoms with E-state index in [1.807, 2.05) is 0 Å². The largest absolute Gasteiger partial charge is 0.544 e. The summed E-state index contributed by atoms with van der Waals surface area (Å²) in [7, 11) is 0. The van der Waals surface area contributed by atoms with Crippen molar-refractivity contribution in [3.63, 3.8) is 0 Å². The lowest BCUT2D eigenvalue weighted by atomic mass is 9.88. The Morgan fingerprint density at radius 2 is 1.37 bits per heavy atom. The second-order valence-electron chi connectivity index (χ2n) is 15.0. The van der Waals surface area contributed by atoms with Gasteiger partial charge in [0.25, 0.3) is 0 Å². The lowest BCUT2D eigenvalue weighted by Gasteiger charge is -2.53. The van der Waals surface area contributed by atoms with E-state index >= 15 is 0 Å². The number of hydrogen-bond donors (Lipinski definition) is 14. The summed E-state index contributed by atoms with van der Waals surface area (Å²) in [6, 6.07) is -3.05. The topological polar surface area (TPSA) is 421 Å². The predicted molar refractivity (Wildman–Crippen MR) is 188 cm³/mol. The zero-order valence-corrected chi connectivity index (χ0v) is 32.9. The molecule has 0 radical (unpaired) electrons. The second kappa shape index (κ2) is 21.8. The number of carboxylic acid groups (broad SMARTS) is 1. The van der Waals surface area contributed by atoms with Gasteiger partial charge >= 0.3 is 0 Å². The van der Waals surface area contributed by atoms with E-state index in [-0.39, 0.29) is 13.2 Å². The fraction of sp³-hybridized carbons (Fsp3) is 0.912. The van der Waals surface area contributed by atoms with Crippen LogP contribution < -0.4 is 21.5 Å². The van der Waals surface area contributed by atoms with Gasteiger partial charge in [0.1, 0.15) is 91.4 Å². The Balaban J connectivity index is 1.74. The van der Waals surface area contributed by atoms with Crippen LogP contribution in [0.15, 0.2) is 0 Å². The predicted octanol–water partition coefficient (Wildman–Crippen LogP) is -10.2. The molecule has 26 nitrogen and oxygen atoms in total. The maximum absolute atomic E-state index is 12.8. The minimum atomic E-state index is -3.22. The number of nitrogens with two attached hydrogens (primary N) is 1. The van der Waals surface area contributed by atoms with Gasteiger partial charge in [-0.05, 0) is 19.9 Å². The summed E-state index contributed by atoms with van der Waals surface area (Å²) < 4.78 is 46.5. The molecular formula is C34H58N3O23-. The van der Waals surface area contributed by atoms with E-state index in [4.69, 9.17) is 43.6 Å². The fourth-order valence-electron chi connectivity index (χ4n) is 7.39. The molecule has 348 valence electrons. The maximum Gasteiger partial charge on any atom is 0.217 e. The van der Waals surface area contributed by atoms with Crippen LogP contribution in [0.2, 0.25) is 0 Å². The molecule has 4 aliphatic heterocycles. The highest BCUT2D eigenvalue weighted by Crippen LogP contribution is 2.39. The molecule has 8 unspecified atom stereocenters. The number of aliphatic carboxylic acids is 1. The van der Waals surface area contributed by atoms with Crippen molar-refractivity contribution in [2.45, 2.75) is 162 Å². The molecule has 0 aromatic heterocycles. The van der Waals surface area contributed by atoms with E-state index in [0.29, 0.717) is 6.42 Å². The van der Waals surface area contributed by atoms with Crippen molar-refractivity contribution >= 4 is 17.8 Å². The van der Waals surface area contributed by atoms with Crippen molar-refractivity contribution in [3.05, 3.63) is 0 Å². The molecule has 0 bridgehead atoms. The molecule has 4 aliphatic rings. The van der Waals surface area contributed by atoms with Crippen molar-refractivity contribution in [1.29, 1.82) is 0 Å². The highest BCUT2D eigenvalue weighted by Gasteiger charge is 2.59. The standard InChI is InChI=1S/C34H59N3O23/c1-11-20(45)23(48)24(49)31(54-11)58-28-19(37-13(3)42)30(53-6-4-5-35)56-17(10-40)26(28)57-32-25(50)29(22(47)16(9-39)55-32)60-34(33(51)52)7-14(43)18(36-12(2)41)27(59-34)21(46)15(44)8-38/h11,14-32,38-40,43-50H,4-10,35H2,1-3H3,(H,36,41)(H,37,42)(H,51,52)/p-1/t11?,14-,15-,16+,17?,18-,19?,20-,21-,22+,23+,24?,25?,26-,27?,28?,29?,30-,31+,32+,34+/m1/s1. The lowest BCUT2D eigenvalue weighted by Crippen LogP contribution is -2.72. The van der Waals surface area contributed by atoms with Crippen molar-refractivity contribution < 1.29 is 114 Å². The van der Waals surface area contributed by atoms with Gasteiger partial charge in [0.2, 0.25) is 17.6 Å². The van der Waals surface area contributed by atoms with Crippen molar-refractivity contribution in [2.24, 2.45) is 5.73 Å². The number of aliphatic hydroxyl groups excluding tert-OH is 11. The van der Waals surface area contributed by atoms with Crippen molar-refractivity contribution in [1.82, 2.24) is 10.6 Å². The molecule has 21 atom stereocenters. The molecule has 26 heteroatoms. The van der Waals surface area contributed by atoms with E-state index in [0.717, 1.165) is 13.8 Å². The average molecular weight is 877 g/mol. The third kappa shape index (κ3) is 11.2. The third-order valence-electron chi connectivity index (χ3n) is 10.5. The summed E-state index contributed by atoms with van der Waals surface area (Å²) in [4.78, 5) is 37.4. The average Bonchev–Trinajstić information content (AvgIpc) is 3.20. The first kappa shape index (κ1) is 50.3. The van der Waals surface area contributed by atoms with Crippen LogP contribution in [0.3, 0.4) is 0 Å². The first-order valence-corrected chi connectivity index (χ1v) is 19.2. The van der Waals surface area contributed by atoms with E-state index in [2.05, 4.69) is 10.6 Å². The summed E-state index contributed by atoms with van der Waals surface area (Å²) in [5.41, 5.74) is 5.60. The Morgan fingerprint density at radius 1 is 0.783 bits per heavy atom. The quantitative estimate of drug-likeness (QED) is 0.0569. The number of carbonyl (C=O) groups excluding carboxylic acids is 3. The van der Waals surface area contributed by atoms with E-state index < -0.39 is 172 Å². The number of rotatable bonds is 18. The number of aliphatic hydroxyl groups is 11. The van der Waals surface area contributed by atoms with Crippen LogP contribution in [0.1, 0.15) is 33.6 Å². The smallest absolute Gasteiger partial charge is 0.217 e. The van der Waals surface area contributed by atoms with Crippen LogP contribution in [0.5, 0.6) is 0 Å². The number of carbonyl (C=O) groups is 3. The molecule has 4 fully saturated rings. The number of ether oxygens (including phenoxy) is 8. The van der Waals surface area contributed by atoms with E-state index in [1.165, 1.54) is 6.92 Å². The molecule has 0 saturated carbocycles. The Labute approximate surface area is 342 Å². The normalized spacial score (nSPS) is 43.5. The van der Waals surface area contributed by atoms with Gasteiger partial charge in [0, 0.05) is 20.3 Å². The molecule has 0 spiro atoms. The minimum Gasteiger partial charge on any atom is -0.544 e. The van der Waals surface area contributed by atoms with Gasteiger partial charge in [-0.1, -0.05) is 0 Å². The van der Waals surface area contributed by atoms with Crippen LogP contribution >= 0.6 is 0 Å². The molecule has 60 heavy (non-hydrogen) atoms. The van der Waals surface area contributed by atoms with E-state index in [1.54, 1.807) is 0 Å². The minimum absolute atomic E-state index is 0.0446. The Morgan fingerprint density at radius 3 is 1.93 bits per heavy atom. The summed E-state index contributed by atoms with van der Waals surface area (Å²) >= 11 is 0. The Kier molecular flexibility index (Phi) is 18.3. The van der Waals surface area contributed by atoms with Gasteiger partial charge in [0.15, 0.2) is 18.9 Å². The molecule has 4 heterocycles. The van der Waals surface area contributed by atoms with Crippen LogP contribution in [-0.4, -0.2) is 235 Å². The Bertz CT molecular complexity index is 1410. The Hall–Kier alpha value is -2.39. The van der Waals surface area contributed by atoms with Gasteiger partial charge < -0.3 is 120 Å². The SMILES string of the molecule is CC(=O)NC1C(O[C@@H]2OC(C)[C@@H](O)[C@H](O)C2O)[C@H](O[C@@H]2O[C@@H](CO)[C@H](O)C(O[C@]3(C(=O)[O-])C[C@@H](O)[C@@H](NC(C)=O)C([C@H](O)[C@H](O)CO)O3)C2O)C(CO)O[C@H]1OCCCN. The van der Waals surface area contributed by atoms with Gasteiger partial charge in [-0.25, -0.2) is 0 Å². The van der Waals surface area contributed by atoms with Gasteiger partial charge in [0.05, 0.1) is 44.7 Å². The fourth-order valence-corrected chi connectivity index (χ4v) is 7.39. The molecular weight excluding hydrogens is 818 g/mol. The number of carboxylic acids is 1. The number of nitrogens with one attached hydrogen (secondary N) is 2. The molecule has 15 N–H and O–H groups in total. The van der Waals surface area contributed by atoms with Crippen LogP contribution in [0.4, 0.5) is 0 Å². The van der Waals surface area contributed by atoms with Gasteiger partial charge in [-0.3, -0.25) is 9.59 Å². The molecule has 0 aromatic rings. The third-order valence-corrected chi connectivity index (χ3v) is 10.5. The van der Waals surface area contributed by atoms with E-state index in [9.17, 15) is 75.7 Å². The highest BCUT2D eigenvalue weighted by molar-refractivity contribution is 5.75. The van der Waals surface area contributed by atoms with Crippen LogP contribution in [0, 0.1) is 0 Å². The van der Waals surface area contributed by atoms with Crippen LogP contribution in [-0.2, 0) is 52.3 Å². The molecule has 0 aromatic carbocycles. The lowest BCUT2D eigenvalue weighted by molar-refractivity contribution is -0.412. The van der Waals surface area contributed by atoms with Gasteiger partial charge in [-0.2, -0.15) is 0 Å². The maximum atomic E-state index is 12.8. The molecule has 2 amide bonds. The summed E-state index contributed by atoms with van der Waals surface area (Å²) in [6.07, 6.45) is -34.3.